The van der Waals surface area contributed by atoms with Crippen molar-refractivity contribution in [1.29, 1.82) is 0 Å². The van der Waals surface area contributed by atoms with Crippen LogP contribution >= 0.6 is 0 Å². The first-order valence-electron chi connectivity index (χ1n) is 9.34. The zero-order valence-electron chi connectivity index (χ0n) is 15.9. The third-order valence-electron chi connectivity index (χ3n) is 4.52. The quantitative estimate of drug-likeness (QED) is 0.625. The molecule has 0 heterocycles. The van der Waals surface area contributed by atoms with Crippen LogP contribution in [0.25, 0.3) is 0 Å². The van der Waals surface area contributed by atoms with Gasteiger partial charge in [-0.25, -0.2) is 0 Å². The number of benzene rings is 1. The van der Waals surface area contributed by atoms with Gasteiger partial charge in [-0.05, 0) is 25.3 Å². The smallest absolute Gasteiger partial charge is 0.275 e. The maximum atomic E-state index is 12.2. The largest absolute Gasteiger partial charge is 0.352 e. The molecule has 5 nitrogen and oxygen atoms in total. The fourth-order valence-electron chi connectivity index (χ4n) is 2.95. The highest BCUT2D eigenvalue weighted by Crippen LogP contribution is 2.17. The monoisotopic (exact) mass is 346 g/mol. The summed E-state index contributed by atoms with van der Waals surface area (Å²) in [7, 11) is 0. The summed E-state index contributed by atoms with van der Waals surface area (Å²) in [4.78, 5) is 25.1. The van der Waals surface area contributed by atoms with Gasteiger partial charge in [-0.3, -0.25) is 9.59 Å². The molecular formula is C20H32N3O2+. The Morgan fingerprint density at radius 1 is 1.08 bits per heavy atom. The summed E-state index contributed by atoms with van der Waals surface area (Å²) in [6.07, 6.45) is 2.36. The lowest BCUT2D eigenvalue weighted by molar-refractivity contribution is -0.917. The van der Waals surface area contributed by atoms with Crippen molar-refractivity contribution in [3.05, 3.63) is 35.4 Å². The summed E-state index contributed by atoms with van der Waals surface area (Å²) >= 11 is 0. The van der Waals surface area contributed by atoms with Gasteiger partial charge in [-0.2, -0.15) is 0 Å². The molecule has 2 rings (SSSR count). The number of carbonyl (C=O) groups is 2. The summed E-state index contributed by atoms with van der Waals surface area (Å²) in [5.74, 6) is 0.337. The molecule has 0 saturated heterocycles. The Kier molecular flexibility index (Phi) is 7.00. The van der Waals surface area contributed by atoms with E-state index in [1.165, 1.54) is 28.9 Å². The molecule has 1 aliphatic carbocycles. The summed E-state index contributed by atoms with van der Waals surface area (Å²) in [6.45, 7) is 9.53. The maximum Gasteiger partial charge on any atom is 0.275 e. The Morgan fingerprint density at radius 3 is 2.24 bits per heavy atom. The van der Waals surface area contributed by atoms with Crippen molar-refractivity contribution in [1.82, 2.24) is 10.6 Å². The molecule has 0 aromatic heterocycles. The third-order valence-corrected chi connectivity index (χ3v) is 4.52. The molecule has 25 heavy (non-hydrogen) atoms. The summed E-state index contributed by atoms with van der Waals surface area (Å²) in [5, 5.41) is 5.52. The van der Waals surface area contributed by atoms with E-state index in [2.05, 4.69) is 48.7 Å². The molecule has 1 saturated carbocycles. The minimum absolute atomic E-state index is 0.0536. The lowest BCUT2D eigenvalue weighted by Gasteiger charge is -2.19. The number of hydrogen-bond acceptors (Lipinski definition) is 2. The van der Waals surface area contributed by atoms with E-state index in [0.717, 1.165) is 6.54 Å². The second kappa shape index (κ2) is 8.99. The van der Waals surface area contributed by atoms with Crippen LogP contribution in [0, 0.1) is 0 Å². The molecule has 0 bridgehead atoms. The molecule has 1 fully saturated rings. The van der Waals surface area contributed by atoms with Crippen LogP contribution in [0.3, 0.4) is 0 Å². The Balaban J connectivity index is 1.84. The van der Waals surface area contributed by atoms with Gasteiger partial charge in [0.25, 0.3) is 5.91 Å². The normalized spacial score (nSPS) is 15.3. The van der Waals surface area contributed by atoms with Gasteiger partial charge in [0.15, 0.2) is 6.54 Å². The number of quaternary nitrogens is 1. The zero-order chi connectivity index (χ0) is 18.4. The van der Waals surface area contributed by atoms with E-state index in [1.54, 1.807) is 0 Å². The van der Waals surface area contributed by atoms with Gasteiger partial charge in [0.05, 0.1) is 12.6 Å². The summed E-state index contributed by atoms with van der Waals surface area (Å²) in [5.41, 5.74) is 2.60. The van der Waals surface area contributed by atoms with E-state index in [-0.39, 0.29) is 24.4 Å². The molecule has 1 aliphatic rings. The second-order valence-corrected chi connectivity index (χ2v) is 7.68. The summed E-state index contributed by atoms with van der Waals surface area (Å²) < 4.78 is 0. The fraction of sp³-hybridized carbons (Fsp3) is 0.600. The Hall–Kier alpha value is -1.88. The fourth-order valence-corrected chi connectivity index (χ4v) is 2.95. The van der Waals surface area contributed by atoms with Crippen LogP contribution in [0.1, 0.15) is 57.6 Å². The van der Waals surface area contributed by atoms with Crippen molar-refractivity contribution < 1.29 is 14.5 Å². The molecule has 2 amide bonds. The van der Waals surface area contributed by atoms with Crippen LogP contribution < -0.4 is 15.5 Å². The van der Waals surface area contributed by atoms with E-state index in [0.29, 0.717) is 18.5 Å². The Morgan fingerprint density at radius 2 is 1.72 bits per heavy atom. The van der Waals surface area contributed by atoms with Crippen LogP contribution in [0.5, 0.6) is 0 Å². The molecule has 5 heteroatoms. The molecule has 0 radical (unpaired) electrons. The topological polar surface area (TPSA) is 62.6 Å². The van der Waals surface area contributed by atoms with Crippen molar-refractivity contribution in [3.63, 3.8) is 0 Å². The van der Waals surface area contributed by atoms with Gasteiger partial charge in [0, 0.05) is 24.4 Å². The molecule has 1 unspecified atom stereocenters. The van der Waals surface area contributed by atoms with Gasteiger partial charge >= 0.3 is 0 Å². The van der Waals surface area contributed by atoms with Crippen LogP contribution in [-0.4, -0.2) is 37.0 Å². The van der Waals surface area contributed by atoms with Gasteiger partial charge in [-0.15, -0.1) is 0 Å². The molecule has 1 atom stereocenters. The van der Waals surface area contributed by atoms with Crippen LogP contribution in [0.2, 0.25) is 0 Å². The van der Waals surface area contributed by atoms with Gasteiger partial charge < -0.3 is 15.5 Å². The van der Waals surface area contributed by atoms with Crippen LogP contribution in [0.15, 0.2) is 24.3 Å². The average Bonchev–Trinajstić information content (AvgIpc) is 3.37. The molecule has 0 spiro atoms. The zero-order valence-corrected chi connectivity index (χ0v) is 15.9. The van der Waals surface area contributed by atoms with Crippen molar-refractivity contribution in [2.45, 2.75) is 65.1 Å². The van der Waals surface area contributed by atoms with Gasteiger partial charge in [0.2, 0.25) is 5.91 Å². The number of nitrogens with one attached hydrogen (secondary N) is 3. The van der Waals surface area contributed by atoms with E-state index in [9.17, 15) is 9.59 Å². The number of hydrogen-bond donors (Lipinski definition) is 3. The van der Waals surface area contributed by atoms with E-state index in [4.69, 9.17) is 0 Å². The van der Waals surface area contributed by atoms with Crippen molar-refractivity contribution in [2.24, 2.45) is 0 Å². The van der Waals surface area contributed by atoms with Gasteiger partial charge in [0.1, 0.15) is 6.54 Å². The van der Waals surface area contributed by atoms with E-state index < -0.39 is 0 Å². The molecule has 1 aromatic carbocycles. The standard InChI is InChI=1S/C20H31N3O2/c1-14(2)17-7-5-16(6-8-17)12-23(18-9-10-18)13-20(25)21-11-19(24)22-15(3)4/h5-8,14-15,18H,9-13H2,1-4H3,(H,21,25)(H,22,24)/p+1. The molecule has 0 aliphatic heterocycles. The van der Waals surface area contributed by atoms with Crippen LogP contribution in [0.4, 0.5) is 0 Å². The Labute approximate surface area is 151 Å². The van der Waals surface area contributed by atoms with E-state index >= 15 is 0 Å². The third kappa shape index (κ3) is 6.86. The van der Waals surface area contributed by atoms with Crippen molar-refractivity contribution >= 4 is 11.8 Å². The van der Waals surface area contributed by atoms with Gasteiger partial charge in [-0.1, -0.05) is 38.1 Å². The molecule has 138 valence electrons. The lowest BCUT2D eigenvalue weighted by Crippen LogP contribution is -3.13. The first kappa shape index (κ1) is 19.4. The summed E-state index contributed by atoms with van der Waals surface area (Å²) in [6, 6.07) is 9.37. The van der Waals surface area contributed by atoms with E-state index in [1.807, 2.05) is 13.8 Å². The van der Waals surface area contributed by atoms with Crippen molar-refractivity contribution in [2.75, 3.05) is 13.1 Å². The molecule has 1 aromatic rings. The average molecular weight is 346 g/mol. The highest BCUT2D eigenvalue weighted by atomic mass is 16.2. The number of rotatable bonds is 9. The lowest BCUT2D eigenvalue weighted by atomic mass is 10.0. The highest BCUT2D eigenvalue weighted by molar-refractivity contribution is 5.85. The predicted octanol–water partition coefficient (Wildman–Crippen LogP) is 0.998. The number of carbonyl (C=O) groups excluding carboxylic acids is 2. The van der Waals surface area contributed by atoms with Crippen LogP contribution in [-0.2, 0) is 16.1 Å². The number of amides is 2. The Bertz CT molecular complexity index is 577. The van der Waals surface area contributed by atoms with Crippen molar-refractivity contribution in [3.8, 4) is 0 Å². The minimum Gasteiger partial charge on any atom is -0.352 e. The molecule has 3 N–H and O–H groups in total. The first-order valence-corrected chi connectivity index (χ1v) is 9.34. The molecular weight excluding hydrogens is 314 g/mol. The first-order chi connectivity index (χ1) is 11.8. The SMILES string of the molecule is CC(C)NC(=O)CNC(=O)C[NH+](Cc1ccc(C(C)C)cc1)C1CC1. The maximum absolute atomic E-state index is 12.2. The second-order valence-electron chi connectivity index (χ2n) is 7.68. The minimum atomic E-state index is -0.138. The predicted molar refractivity (Wildman–Crippen MR) is 99.4 cm³/mol. The highest BCUT2D eigenvalue weighted by Gasteiger charge is 2.34.